The van der Waals surface area contributed by atoms with Crippen LogP contribution < -0.4 is 10.6 Å². The van der Waals surface area contributed by atoms with E-state index in [4.69, 9.17) is 12.2 Å². The van der Waals surface area contributed by atoms with Gasteiger partial charge in [-0.05, 0) is 46.8 Å². The van der Waals surface area contributed by atoms with Gasteiger partial charge in [0.2, 0.25) is 0 Å². The highest BCUT2D eigenvalue weighted by atomic mass is 32.1. The van der Waals surface area contributed by atoms with Crippen molar-refractivity contribution < 1.29 is 0 Å². The molecule has 2 heterocycles. The standard InChI is InChI=1S/C16H26N6S/c1-6-21-10-14(11(3)20-21)8-17-16(23)19-12(4)15-9-18-22(7-2)13(15)5/h9-10,12H,6-8H2,1-5H3,(H2,17,19,23). The Morgan fingerprint density at radius 1 is 1.30 bits per heavy atom. The number of thiocarbonyl (C=S) groups is 1. The second-order valence-electron chi connectivity index (χ2n) is 5.65. The fourth-order valence-corrected chi connectivity index (χ4v) is 2.85. The number of rotatable bonds is 6. The predicted octanol–water partition coefficient (Wildman–Crippen LogP) is 2.46. The van der Waals surface area contributed by atoms with Crippen LogP contribution >= 0.6 is 12.2 Å². The molecule has 126 valence electrons. The molecule has 0 aliphatic heterocycles. The van der Waals surface area contributed by atoms with Gasteiger partial charge in [0.15, 0.2) is 5.11 Å². The minimum Gasteiger partial charge on any atom is -0.359 e. The van der Waals surface area contributed by atoms with Crippen LogP contribution in [0.5, 0.6) is 0 Å². The van der Waals surface area contributed by atoms with Gasteiger partial charge in [0.05, 0.1) is 17.9 Å². The lowest BCUT2D eigenvalue weighted by Gasteiger charge is -2.17. The minimum absolute atomic E-state index is 0.120. The normalized spacial score (nSPS) is 12.2. The maximum atomic E-state index is 5.41. The summed E-state index contributed by atoms with van der Waals surface area (Å²) in [5.41, 5.74) is 4.55. The molecule has 2 rings (SSSR count). The summed E-state index contributed by atoms with van der Waals surface area (Å²) in [5.74, 6) is 0. The van der Waals surface area contributed by atoms with Crippen LogP contribution in [-0.2, 0) is 19.6 Å². The summed E-state index contributed by atoms with van der Waals surface area (Å²) in [6, 6.07) is 0.120. The summed E-state index contributed by atoms with van der Waals surface area (Å²) in [6.07, 6.45) is 3.97. The molecule has 7 heteroatoms. The summed E-state index contributed by atoms with van der Waals surface area (Å²) >= 11 is 5.41. The maximum absolute atomic E-state index is 5.41. The molecule has 0 spiro atoms. The van der Waals surface area contributed by atoms with Crippen molar-refractivity contribution in [2.75, 3.05) is 0 Å². The Labute approximate surface area is 143 Å². The molecular formula is C16H26N6S. The van der Waals surface area contributed by atoms with E-state index in [0.29, 0.717) is 11.7 Å². The first kappa shape index (κ1) is 17.5. The van der Waals surface area contributed by atoms with Crippen molar-refractivity contribution >= 4 is 17.3 Å². The molecule has 1 unspecified atom stereocenters. The number of nitrogens with zero attached hydrogens (tertiary/aromatic N) is 4. The van der Waals surface area contributed by atoms with E-state index in [9.17, 15) is 0 Å². The maximum Gasteiger partial charge on any atom is 0.167 e. The Kier molecular flexibility index (Phi) is 5.76. The summed E-state index contributed by atoms with van der Waals surface area (Å²) in [5, 5.41) is 16.0. The highest BCUT2D eigenvalue weighted by Crippen LogP contribution is 2.16. The van der Waals surface area contributed by atoms with Crippen LogP contribution in [0.4, 0.5) is 0 Å². The molecule has 0 aliphatic rings. The third-order valence-electron chi connectivity index (χ3n) is 4.07. The van der Waals surface area contributed by atoms with Gasteiger partial charge in [-0.25, -0.2) is 0 Å². The molecular weight excluding hydrogens is 308 g/mol. The SMILES string of the molecule is CCn1cc(CNC(=S)NC(C)c2cnn(CC)c2C)c(C)n1. The van der Waals surface area contributed by atoms with Crippen molar-refractivity contribution in [1.29, 1.82) is 0 Å². The van der Waals surface area contributed by atoms with Crippen molar-refractivity contribution in [3.05, 3.63) is 34.9 Å². The highest BCUT2D eigenvalue weighted by molar-refractivity contribution is 7.80. The largest absolute Gasteiger partial charge is 0.359 e. The zero-order valence-corrected chi connectivity index (χ0v) is 15.4. The lowest BCUT2D eigenvalue weighted by molar-refractivity contribution is 0.631. The zero-order chi connectivity index (χ0) is 17.0. The Balaban J connectivity index is 1.91. The van der Waals surface area contributed by atoms with E-state index in [-0.39, 0.29) is 6.04 Å². The fraction of sp³-hybridized carbons (Fsp3) is 0.562. The summed E-state index contributed by atoms with van der Waals surface area (Å²) in [6.45, 7) is 12.8. The Morgan fingerprint density at radius 2 is 2.04 bits per heavy atom. The van der Waals surface area contributed by atoms with E-state index in [1.807, 2.05) is 22.5 Å². The number of hydrogen-bond donors (Lipinski definition) is 2. The van der Waals surface area contributed by atoms with Gasteiger partial charge < -0.3 is 10.6 Å². The van der Waals surface area contributed by atoms with Gasteiger partial charge in [-0.1, -0.05) is 0 Å². The molecule has 0 saturated carbocycles. The van der Waals surface area contributed by atoms with Gasteiger partial charge >= 0.3 is 0 Å². The van der Waals surface area contributed by atoms with Crippen LogP contribution in [0.15, 0.2) is 12.4 Å². The molecule has 0 bridgehead atoms. The molecule has 0 radical (unpaired) electrons. The Morgan fingerprint density at radius 3 is 2.61 bits per heavy atom. The lowest BCUT2D eigenvalue weighted by Crippen LogP contribution is -2.36. The molecule has 2 aromatic rings. The average molecular weight is 334 g/mol. The number of aromatic nitrogens is 4. The molecule has 0 aliphatic carbocycles. The van der Waals surface area contributed by atoms with E-state index in [2.05, 4.69) is 54.7 Å². The molecule has 0 aromatic carbocycles. The summed E-state index contributed by atoms with van der Waals surface area (Å²) in [4.78, 5) is 0. The van der Waals surface area contributed by atoms with E-state index >= 15 is 0 Å². The second-order valence-corrected chi connectivity index (χ2v) is 6.05. The van der Waals surface area contributed by atoms with Crippen molar-refractivity contribution in [2.24, 2.45) is 0 Å². The molecule has 2 aromatic heterocycles. The van der Waals surface area contributed by atoms with E-state index in [1.54, 1.807) is 0 Å². The van der Waals surface area contributed by atoms with Crippen LogP contribution in [0, 0.1) is 13.8 Å². The van der Waals surface area contributed by atoms with Crippen molar-refractivity contribution in [3.63, 3.8) is 0 Å². The van der Waals surface area contributed by atoms with Crippen LogP contribution in [0.3, 0.4) is 0 Å². The van der Waals surface area contributed by atoms with Crippen LogP contribution in [0.1, 0.15) is 49.3 Å². The monoisotopic (exact) mass is 334 g/mol. The second kappa shape index (κ2) is 7.59. The quantitative estimate of drug-likeness (QED) is 0.795. The summed E-state index contributed by atoms with van der Waals surface area (Å²) < 4.78 is 3.93. The van der Waals surface area contributed by atoms with Crippen molar-refractivity contribution in [2.45, 2.75) is 60.3 Å². The van der Waals surface area contributed by atoms with Gasteiger partial charge in [-0.2, -0.15) is 10.2 Å². The van der Waals surface area contributed by atoms with Gasteiger partial charge in [0.25, 0.3) is 0 Å². The van der Waals surface area contributed by atoms with Gasteiger partial charge in [0, 0.05) is 42.7 Å². The van der Waals surface area contributed by atoms with E-state index in [1.165, 1.54) is 16.8 Å². The Hall–Kier alpha value is -1.89. The number of aryl methyl sites for hydroxylation is 3. The third-order valence-corrected chi connectivity index (χ3v) is 4.33. The molecule has 1 atom stereocenters. The molecule has 0 fully saturated rings. The minimum atomic E-state index is 0.120. The van der Waals surface area contributed by atoms with Gasteiger partial charge in [0.1, 0.15) is 0 Å². The van der Waals surface area contributed by atoms with E-state index in [0.717, 1.165) is 18.8 Å². The van der Waals surface area contributed by atoms with E-state index < -0.39 is 0 Å². The highest BCUT2D eigenvalue weighted by Gasteiger charge is 2.14. The van der Waals surface area contributed by atoms with Crippen molar-refractivity contribution in [3.8, 4) is 0 Å². The van der Waals surface area contributed by atoms with Gasteiger partial charge in [-0.3, -0.25) is 9.36 Å². The molecule has 0 saturated heterocycles. The van der Waals surface area contributed by atoms with Crippen LogP contribution in [-0.4, -0.2) is 24.7 Å². The zero-order valence-electron chi connectivity index (χ0n) is 14.6. The average Bonchev–Trinajstić information content (AvgIpc) is 3.07. The topological polar surface area (TPSA) is 59.7 Å². The molecule has 23 heavy (non-hydrogen) atoms. The number of hydrogen-bond acceptors (Lipinski definition) is 3. The third kappa shape index (κ3) is 4.10. The first-order valence-electron chi connectivity index (χ1n) is 8.05. The summed E-state index contributed by atoms with van der Waals surface area (Å²) in [7, 11) is 0. The smallest absolute Gasteiger partial charge is 0.167 e. The van der Waals surface area contributed by atoms with Crippen molar-refractivity contribution in [1.82, 2.24) is 30.2 Å². The molecule has 2 N–H and O–H groups in total. The van der Waals surface area contributed by atoms with Crippen LogP contribution in [0.2, 0.25) is 0 Å². The van der Waals surface area contributed by atoms with Crippen LogP contribution in [0.25, 0.3) is 0 Å². The number of nitrogens with one attached hydrogen (secondary N) is 2. The van der Waals surface area contributed by atoms with Gasteiger partial charge in [-0.15, -0.1) is 0 Å². The first-order valence-corrected chi connectivity index (χ1v) is 8.46. The molecule has 6 nitrogen and oxygen atoms in total. The lowest BCUT2D eigenvalue weighted by atomic mass is 10.1. The molecule has 0 amide bonds. The first-order chi connectivity index (χ1) is 11.0. The fourth-order valence-electron chi connectivity index (χ4n) is 2.60. The predicted molar refractivity (Wildman–Crippen MR) is 96.3 cm³/mol. The Bertz CT molecular complexity index is 672.